The van der Waals surface area contributed by atoms with Crippen molar-refractivity contribution in [1.29, 1.82) is 0 Å². The monoisotopic (exact) mass is 218 g/mol. The average molecular weight is 218 g/mol. The van der Waals surface area contributed by atoms with E-state index in [0.717, 1.165) is 5.56 Å². The number of rotatable bonds is 5. The van der Waals surface area contributed by atoms with Crippen molar-refractivity contribution < 1.29 is 23.9 Å². The zero-order chi connectivity index (χ0) is 10.4. The Bertz CT molecular complexity index is 307. The molecule has 1 aromatic carbocycles. The molecule has 0 aliphatic carbocycles. The Morgan fingerprint density at radius 2 is 1.86 bits per heavy atom. The first kappa shape index (κ1) is 11.4. The molecular formula is C8H11O5P. The Hall–Kier alpha value is -0.710. The van der Waals surface area contributed by atoms with Crippen LogP contribution in [-0.4, -0.2) is 16.4 Å². The van der Waals surface area contributed by atoms with Crippen LogP contribution in [0.1, 0.15) is 5.56 Å². The summed E-state index contributed by atoms with van der Waals surface area (Å²) < 4.78 is 14.0. The quantitative estimate of drug-likeness (QED) is 0.337. The van der Waals surface area contributed by atoms with Crippen LogP contribution in [-0.2, 0) is 20.5 Å². The zero-order valence-corrected chi connectivity index (χ0v) is 8.26. The standard InChI is InChI=1S/C8H11O5P/c9-14(10,11)13-12-7-6-8-4-2-1-3-5-8/h1-5H,6-7H2,(H2,9,10,11). The molecule has 6 heteroatoms. The molecule has 0 fully saturated rings. The minimum absolute atomic E-state index is 0.106. The Kier molecular flexibility index (Phi) is 4.25. The van der Waals surface area contributed by atoms with E-state index in [0.29, 0.717) is 6.42 Å². The molecule has 78 valence electrons. The second-order valence-electron chi connectivity index (χ2n) is 2.62. The molecule has 0 radical (unpaired) electrons. The second-order valence-corrected chi connectivity index (χ2v) is 3.75. The number of hydrogen-bond acceptors (Lipinski definition) is 3. The highest BCUT2D eigenvalue weighted by Crippen LogP contribution is 2.35. The first-order valence-corrected chi connectivity index (χ1v) is 5.52. The largest absolute Gasteiger partial charge is 0.496 e. The van der Waals surface area contributed by atoms with Gasteiger partial charge in [0.25, 0.3) is 0 Å². The van der Waals surface area contributed by atoms with E-state index >= 15 is 0 Å². The van der Waals surface area contributed by atoms with Gasteiger partial charge in [-0.25, -0.2) is 9.45 Å². The Morgan fingerprint density at radius 1 is 1.21 bits per heavy atom. The maximum absolute atomic E-state index is 10.2. The van der Waals surface area contributed by atoms with Crippen molar-refractivity contribution in [1.82, 2.24) is 0 Å². The van der Waals surface area contributed by atoms with Crippen molar-refractivity contribution in [3.05, 3.63) is 35.9 Å². The van der Waals surface area contributed by atoms with Crippen molar-refractivity contribution in [2.75, 3.05) is 6.61 Å². The van der Waals surface area contributed by atoms with Gasteiger partial charge in [-0.15, -0.1) is 4.67 Å². The van der Waals surface area contributed by atoms with Crippen molar-refractivity contribution in [3.8, 4) is 0 Å². The molecule has 5 nitrogen and oxygen atoms in total. The highest BCUT2D eigenvalue weighted by atomic mass is 31.2. The summed E-state index contributed by atoms with van der Waals surface area (Å²) in [4.78, 5) is 20.9. The van der Waals surface area contributed by atoms with Crippen molar-refractivity contribution in [3.63, 3.8) is 0 Å². The summed E-state index contributed by atoms with van der Waals surface area (Å²) in [5.74, 6) is 0. The first-order chi connectivity index (χ1) is 6.58. The van der Waals surface area contributed by atoms with Gasteiger partial charge in [0.05, 0.1) is 6.61 Å². The fourth-order valence-electron chi connectivity index (χ4n) is 0.910. The Balaban J connectivity index is 2.20. The number of benzene rings is 1. The lowest BCUT2D eigenvalue weighted by Gasteiger charge is -2.04. The van der Waals surface area contributed by atoms with E-state index in [4.69, 9.17) is 9.79 Å². The molecule has 0 amide bonds. The van der Waals surface area contributed by atoms with Crippen LogP contribution in [0.4, 0.5) is 0 Å². The van der Waals surface area contributed by atoms with E-state index in [-0.39, 0.29) is 6.61 Å². The Morgan fingerprint density at radius 3 is 2.43 bits per heavy atom. The molecule has 1 aromatic rings. The average Bonchev–Trinajstić information content (AvgIpc) is 2.13. The van der Waals surface area contributed by atoms with Crippen LogP contribution in [0.25, 0.3) is 0 Å². The van der Waals surface area contributed by atoms with E-state index in [2.05, 4.69) is 9.56 Å². The summed E-state index contributed by atoms with van der Waals surface area (Å²) in [6, 6.07) is 9.41. The lowest BCUT2D eigenvalue weighted by Crippen LogP contribution is -1.98. The van der Waals surface area contributed by atoms with Crippen molar-refractivity contribution >= 4 is 7.82 Å². The summed E-state index contributed by atoms with van der Waals surface area (Å²) >= 11 is 0. The molecule has 0 aliphatic heterocycles. The van der Waals surface area contributed by atoms with Gasteiger partial charge in [-0.1, -0.05) is 30.3 Å². The number of hydrogen-bond donors (Lipinski definition) is 2. The molecular weight excluding hydrogens is 207 g/mol. The molecule has 0 spiro atoms. The van der Waals surface area contributed by atoms with Gasteiger partial charge in [0, 0.05) is 0 Å². The third-order valence-corrected chi connectivity index (χ3v) is 1.77. The van der Waals surface area contributed by atoms with Gasteiger partial charge in [-0.2, -0.15) is 0 Å². The maximum atomic E-state index is 10.2. The topological polar surface area (TPSA) is 76.0 Å². The third-order valence-electron chi connectivity index (χ3n) is 1.47. The van der Waals surface area contributed by atoms with Crippen molar-refractivity contribution in [2.45, 2.75) is 6.42 Å². The highest BCUT2D eigenvalue weighted by Gasteiger charge is 2.14. The van der Waals surface area contributed by atoms with E-state index in [1.54, 1.807) is 0 Å². The van der Waals surface area contributed by atoms with Crippen LogP contribution in [0.5, 0.6) is 0 Å². The van der Waals surface area contributed by atoms with Gasteiger partial charge in [0.2, 0.25) is 0 Å². The van der Waals surface area contributed by atoms with Crippen LogP contribution in [0.15, 0.2) is 30.3 Å². The van der Waals surface area contributed by atoms with Gasteiger partial charge in [0.15, 0.2) is 0 Å². The summed E-state index contributed by atoms with van der Waals surface area (Å²) in [5.41, 5.74) is 1.02. The van der Waals surface area contributed by atoms with Gasteiger partial charge < -0.3 is 9.79 Å². The van der Waals surface area contributed by atoms with Gasteiger partial charge in [0.1, 0.15) is 0 Å². The first-order valence-electron chi connectivity index (χ1n) is 3.98. The summed E-state index contributed by atoms with van der Waals surface area (Å²) in [6.45, 7) is 0.106. The third kappa shape index (κ3) is 5.11. The van der Waals surface area contributed by atoms with Crippen LogP contribution >= 0.6 is 7.82 Å². The molecule has 0 unspecified atom stereocenters. The zero-order valence-electron chi connectivity index (χ0n) is 7.37. The minimum Gasteiger partial charge on any atom is -0.301 e. The van der Waals surface area contributed by atoms with E-state index in [9.17, 15) is 4.57 Å². The Labute approximate surface area is 81.5 Å². The van der Waals surface area contributed by atoms with E-state index in [1.165, 1.54) is 0 Å². The predicted octanol–water partition coefficient (Wildman–Crippen LogP) is 1.27. The SMILES string of the molecule is O=P(O)(O)OOCCc1ccccc1. The van der Waals surface area contributed by atoms with Gasteiger partial charge in [-0.3, -0.25) is 0 Å². The molecule has 0 bridgehead atoms. The summed E-state index contributed by atoms with van der Waals surface area (Å²) in [6.07, 6.45) is 0.542. The molecule has 1 rings (SSSR count). The van der Waals surface area contributed by atoms with E-state index < -0.39 is 7.82 Å². The van der Waals surface area contributed by atoms with Crippen molar-refractivity contribution in [2.24, 2.45) is 0 Å². The van der Waals surface area contributed by atoms with Crippen LogP contribution < -0.4 is 0 Å². The fraction of sp³-hybridized carbons (Fsp3) is 0.250. The molecule has 0 atom stereocenters. The molecule has 0 saturated carbocycles. The predicted molar refractivity (Wildman–Crippen MR) is 49.2 cm³/mol. The molecule has 0 heterocycles. The highest BCUT2D eigenvalue weighted by molar-refractivity contribution is 7.46. The van der Waals surface area contributed by atoms with E-state index in [1.807, 2.05) is 30.3 Å². The second kappa shape index (κ2) is 5.24. The van der Waals surface area contributed by atoms with Gasteiger partial charge >= 0.3 is 7.82 Å². The fourth-order valence-corrected chi connectivity index (χ4v) is 1.12. The maximum Gasteiger partial charge on any atom is 0.496 e. The molecule has 0 aliphatic rings. The number of phosphoric acid groups is 1. The summed E-state index contributed by atoms with van der Waals surface area (Å²) in [7, 11) is -4.51. The minimum atomic E-state index is -4.51. The van der Waals surface area contributed by atoms with Crippen LogP contribution in [0.3, 0.4) is 0 Å². The molecule has 2 N–H and O–H groups in total. The molecule has 0 aromatic heterocycles. The summed E-state index contributed by atoms with van der Waals surface area (Å²) in [5, 5.41) is 0. The van der Waals surface area contributed by atoms with Gasteiger partial charge in [-0.05, 0) is 12.0 Å². The molecule has 0 saturated heterocycles. The smallest absolute Gasteiger partial charge is 0.301 e. The lowest BCUT2D eigenvalue weighted by atomic mass is 10.2. The van der Waals surface area contributed by atoms with Crippen LogP contribution in [0, 0.1) is 0 Å². The lowest BCUT2D eigenvalue weighted by molar-refractivity contribution is -0.221. The molecule has 14 heavy (non-hydrogen) atoms. The normalized spacial score (nSPS) is 11.6. The van der Waals surface area contributed by atoms with Crippen LogP contribution in [0.2, 0.25) is 0 Å².